The van der Waals surface area contributed by atoms with Crippen LogP contribution in [-0.2, 0) is 18.9 Å². The predicted octanol–water partition coefficient (Wildman–Crippen LogP) is 12.8. The lowest BCUT2D eigenvalue weighted by atomic mass is 9.88. The summed E-state index contributed by atoms with van der Waals surface area (Å²) in [6.07, 6.45) is 17.9. The molecule has 0 unspecified atom stereocenters. The first-order valence-corrected chi connectivity index (χ1v) is 28.0. The highest BCUT2D eigenvalue weighted by Crippen LogP contribution is 2.33. The average molecular weight is 1110 g/mol. The minimum Gasteiger partial charge on any atom is -0.493 e. The van der Waals surface area contributed by atoms with Gasteiger partial charge in [0.25, 0.3) is 11.1 Å². The van der Waals surface area contributed by atoms with Gasteiger partial charge in [-0.15, -0.1) is 0 Å². The minimum atomic E-state index is -0.551. The number of nitrogens with zero attached hydrogens (tertiary/aromatic N) is 3. The molecule has 0 aromatic heterocycles. The molecule has 2 saturated heterocycles. The van der Waals surface area contributed by atoms with Crippen LogP contribution in [0.15, 0.2) is 36.4 Å². The Morgan fingerprint density at radius 1 is 0.584 bits per heavy atom. The fraction of sp³-hybridized carbons (Fsp3) is 0.733. The van der Waals surface area contributed by atoms with Crippen molar-refractivity contribution in [1.29, 1.82) is 0 Å². The van der Waals surface area contributed by atoms with Crippen molar-refractivity contribution in [2.24, 2.45) is 11.8 Å². The fourth-order valence-electron chi connectivity index (χ4n) is 9.88. The van der Waals surface area contributed by atoms with Gasteiger partial charge in [-0.05, 0) is 159 Å². The lowest BCUT2D eigenvalue weighted by Gasteiger charge is -2.41. The van der Waals surface area contributed by atoms with E-state index in [1.54, 1.807) is 63.7 Å². The van der Waals surface area contributed by atoms with Crippen LogP contribution >= 0.6 is 11.6 Å². The number of hydrogen-bond donors (Lipinski definition) is 1. The second kappa shape index (κ2) is 35.9. The van der Waals surface area contributed by atoms with E-state index < -0.39 is 16.4 Å². The molecule has 0 spiro atoms. The van der Waals surface area contributed by atoms with E-state index in [-0.39, 0.29) is 39.0 Å². The van der Waals surface area contributed by atoms with Gasteiger partial charge in [-0.2, -0.15) is 0 Å². The van der Waals surface area contributed by atoms with E-state index in [2.05, 4.69) is 5.32 Å². The highest BCUT2D eigenvalue weighted by atomic mass is 35.5. The standard InChI is InChI=1S/C29H46N2O6.C17H32N2O2.C12H15ClO4.2CH4/c1-29(2,3)37-28(33)30-16-9-13-24(21-30)31(20-22-11-7-6-8-12-22)27(32)23-14-15-25(35-5)26(19-23)36-18-10-17-34-4;1-17(2,3)21-16(20)19-11-7-10-15(13-19)18-12-14-8-5-4-6-9-14;1-15-6-3-7-17-11-8-9(12(13)14)4-5-10(11)16-2;;/h14-15,19,22,24H,6-13,16-18,20-21H2,1-5H3;14-15,18H,4-13H2,1-3H3;4-5,8H,3,6-7H2,1-2H3;2*1H4/t24-;15-;;;/m11.../s1. The van der Waals surface area contributed by atoms with E-state index in [4.69, 9.17) is 49.5 Å². The summed E-state index contributed by atoms with van der Waals surface area (Å²) in [6, 6.07) is 10.6. The summed E-state index contributed by atoms with van der Waals surface area (Å²) < 4.78 is 43.2. The Balaban J connectivity index is 0.000000429. The minimum absolute atomic E-state index is 0. The van der Waals surface area contributed by atoms with Gasteiger partial charge in [0.15, 0.2) is 23.0 Å². The molecular weight excluding hydrogens is 1000 g/mol. The van der Waals surface area contributed by atoms with Crippen LogP contribution < -0.4 is 24.3 Å². The Hall–Kier alpha value is -4.51. The Bertz CT molecular complexity index is 2020. The number of rotatable bonds is 20. The van der Waals surface area contributed by atoms with Gasteiger partial charge < -0.3 is 57.9 Å². The van der Waals surface area contributed by atoms with Crippen LogP contribution in [0, 0.1) is 11.8 Å². The molecular formula is C60H101ClN4O12. The maximum atomic E-state index is 14.0. The summed E-state index contributed by atoms with van der Waals surface area (Å²) in [5.74, 6) is 3.54. The van der Waals surface area contributed by atoms with E-state index in [0.717, 1.165) is 70.5 Å². The Morgan fingerprint density at radius 3 is 1.53 bits per heavy atom. The van der Waals surface area contributed by atoms with E-state index in [1.165, 1.54) is 57.8 Å². The van der Waals surface area contributed by atoms with Gasteiger partial charge in [0.05, 0.1) is 27.4 Å². The van der Waals surface area contributed by atoms with E-state index >= 15 is 0 Å². The summed E-state index contributed by atoms with van der Waals surface area (Å²) in [5.41, 5.74) is 0.00571. The Labute approximate surface area is 469 Å². The Morgan fingerprint density at radius 2 is 1.05 bits per heavy atom. The lowest BCUT2D eigenvalue weighted by Crippen LogP contribution is -2.53. The highest BCUT2D eigenvalue weighted by molar-refractivity contribution is 6.67. The van der Waals surface area contributed by atoms with Crippen molar-refractivity contribution in [2.45, 2.75) is 182 Å². The van der Waals surface area contributed by atoms with E-state index in [1.807, 2.05) is 57.4 Å². The predicted molar refractivity (Wildman–Crippen MR) is 307 cm³/mol. The van der Waals surface area contributed by atoms with Crippen LogP contribution in [0.4, 0.5) is 9.59 Å². The quantitative estimate of drug-likeness (QED) is 0.0985. The largest absolute Gasteiger partial charge is 0.493 e. The van der Waals surface area contributed by atoms with Crippen LogP contribution in [0.3, 0.4) is 0 Å². The van der Waals surface area contributed by atoms with E-state index in [0.29, 0.717) is 92.1 Å². The third-order valence-corrected chi connectivity index (χ3v) is 13.9. The molecule has 4 fully saturated rings. The molecule has 3 amide bonds. The van der Waals surface area contributed by atoms with Crippen LogP contribution in [0.1, 0.15) is 180 Å². The van der Waals surface area contributed by atoms with Crippen molar-refractivity contribution in [3.63, 3.8) is 0 Å². The van der Waals surface area contributed by atoms with Gasteiger partial charge in [-0.25, -0.2) is 9.59 Å². The molecule has 440 valence electrons. The molecule has 0 bridgehead atoms. The summed E-state index contributed by atoms with van der Waals surface area (Å²) in [6.45, 7) is 18.2. The molecule has 2 saturated carbocycles. The normalized spacial score (nSPS) is 18.1. The zero-order valence-corrected chi connectivity index (χ0v) is 48.0. The van der Waals surface area contributed by atoms with Crippen LogP contribution in [0.5, 0.6) is 23.0 Å². The summed E-state index contributed by atoms with van der Waals surface area (Å²) in [5, 5.41) is 3.17. The molecule has 4 aliphatic rings. The van der Waals surface area contributed by atoms with Gasteiger partial charge >= 0.3 is 12.2 Å². The summed E-state index contributed by atoms with van der Waals surface area (Å²) in [7, 11) is 6.43. The van der Waals surface area contributed by atoms with Gasteiger partial charge in [0.1, 0.15) is 11.2 Å². The molecule has 6 rings (SSSR count). The number of likely N-dealkylation sites (tertiary alicyclic amines) is 2. The van der Waals surface area contributed by atoms with Crippen molar-refractivity contribution in [1.82, 2.24) is 20.0 Å². The van der Waals surface area contributed by atoms with Gasteiger partial charge in [-0.3, -0.25) is 9.59 Å². The molecule has 17 heteroatoms. The monoisotopic (exact) mass is 1100 g/mol. The molecule has 2 aromatic rings. The second-order valence-electron chi connectivity index (χ2n) is 22.3. The van der Waals surface area contributed by atoms with Crippen LogP contribution in [-0.4, -0.2) is 155 Å². The van der Waals surface area contributed by atoms with Crippen molar-refractivity contribution in [2.75, 3.05) is 94.1 Å². The van der Waals surface area contributed by atoms with Crippen molar-refractivity contribution < 1.29 is 57.1 Å². The molecule has 16 nitrogen and oxygen atoms in total. The van der Waals surface area contributed by atoms with Crippen molar-refractivity contribution >= 4 is 34.9 Å². The third-order valence-electron chi connectivity index (χ3n) is 13.7. The number of ether oxygens (including phenoxy) is 8. The van der Waals surface area contributed by atoms with Crippen molar-refractivity contribution in [3.05, 3.63) is 47.5 Å². The first-order valence-electron chi connectivity index (χ1n) is 27.6. The SMILES string of the molecule is C.C.CC(C)(C)OC(=O)N1CCC[C@@H](NCC2CCCCC2)C1.COCCCOc1cc(C(=O)Cl)ccc1OC.COCCCOc1cc(C(=O)N(CC2CCCCC2)[C@@H]2CCCN(C(=O)OC(C)(C)C)C2)ccc1OC. The van der Waals surface area contributed by atoms with Crippen molar-refractivity contribution in [3.8, 4) is 23.0 Å². The molecule has 2 atom stereocenters. The number of carbonyl (C=O) groups is 4. The fourth-order valence-corrected chi connectivity index (χ4v) is 10.00. The molecule has 2 aromatic carbocycles. The number of hydrogen-bond acceptors (Lipinski definition) is 13. The van der Waals surface area contributed by atoms with Crippen LogP contribution in [0.2, 0.25) is 0 Å². The highest BCUT2D eigenvalue weighted by Gasteiger charge is 2.35. The summed E-state index contributed by atoms with van der Waals surface area (Å²) >= 11 is 5.40. The molecule has 2 aliphatic carbocycles. The molecule has 2 aliphatic heterocycles. The topological polar surface area (TPSA) is 164 Å². The average Bonchev–Trinajstić information content (AvgIpc) is 3.39. The zero-order valence-electron chi connectivity index (χ0n) is 47.3. The number of amides is 3. The van der Waals surface area contributed by atoms with Gasteiger partial charge in [0.2, 0.25) is 0 Å². The smallest absolute Gasteiger partial charge is 0.410 e. The second-order valence-corrected chi connectivity index (χ2v) is 22.6. The maximum Gasteiger partial charge on any atom is 0.410 e. The molecule has 77 heavy (non-hydrogen) atoms. The molecule has 2 heterocycles. The number of benzene rings is 2. The zero-order chi connectivity index (χ0) is 54.8. The third kappa shape index (κ3) is 25.4. The maximum absolute atomic E-state index is 14.0. The Kier molecular flexibility index (Phi) is 32.0. The van der Waals surface area contributed by atoms with Crippen LogP contribution in [0.25, 0.3) is 0 Å². The number of halogens is 1. The van der Waals surface area contributed by atoms with E-state index in [9.17, 15) is 19.2 Å². The van der Waals surface area contributed by atoms with Gasteiger partial charge in [-0.1, -0.05) is 53.4 Å². The number of piperidine rings is 2. The summed E-state index contributed by atoms with van der Waals surface area (Å²) in [4.78, 5) is 55.7. The number of nitrogens with one attached hydrogen (secondary N) is 1. The number of carbonyl (C=O) groups excluding carboxylic acids is 4. The first kappa shape index (κ1) is 68.6. The molecule has 0 radical (unpaired) electrons. The number of methoxy groups -OCH3 is 4. The lowest BCUT2D eigenvalue weighted by molar-refractivity contribution is 0.00851. The van der Waals surface area contributed by atoms with Gasteiger partial charge in [0, 0.05) is 96.2 Å². The first-order chi connectivity index (χ1) is 35.8. The molecule has 1 N–H and O–H groups in total.